The molecule has 0 aliphatic carbocycles. The highest BCUT2D eigenvalue weighted by atomic mass is 35.5. The van der Waals surface area contributed by atoms with Gasteiger partial charge in [-0.05, 0) is 17.2 Å². The number of hydrogen-bond donors (Lipinski definition) is 2. The lowest BCUT2D eigenvalue weighted by atomic mass is 9.99. The molecule has 0 fully saturated rings. The maximum Gasteiger partial charge on any atom is 0.407 e. The van der Waals surface area contributed by atoms with E-state index in [1.807, 2.05) is 0 Å². The zero-order chi connectivity index (χ0) is 13.3. The van der Waals surface area contributed by atoms with Crippen LogP contribution in [0.5, 0.6) is 5.75 Å². The zero-order valence-corrected chi connectivity index (χ0v) is 10.7. The predicted octanol–water partition coefficient (Wildman–Crippen LogP) is 1.88. The summed E-state index contributed by atoms with van der Waals surface area (Å²) >= 11 is 6.09. The highest BCUT2D eigenvalue weighted by Gasteiger charge is 2.23. The molecule has 1 heterocycles. The van der Waals surface area contributed by atoms with Crippen molar-refractivity contribution in [2.75, 3.05) is 13.7 Å². The number of rotatable bonds is 3. The normalized spacial score (nSPS) is 13.1. The number of hydrogen-bond acceptors (Lipinski definition) is 3. The molecule has 0 saturated heterocycles. The number of carboxylic acid groups (broad SMARTS) is 1. The van der Waals surface area contributed by atoms with Crippen LogP contribution in [0.25, 0.3) is 0 Å². The molecule has 98 valence electrons. The molecule has 0 atom stereocenters. The molecule has 0 spiro atoms. The molecule has 5 nitrogen and oxygen atoms in total. The number of fused-ring (bicyclic) bond motifs is 1. The van der Waals surface area contributed by atoms with Crippen molar-refractivity contribution in [2.24, 2.45) is 0 Å². The van der Waals surface area contributed by atoms with Gasteiger partial charge >= 0.3 is 6.09 Å². The topological polar surface area (TPSA) is 70.0 Å². The Morgan fingerprint density at radius 2 is 2.33 bits per heavy atom. The van der Waals surface area contributed by atoms with Crippen LogP contribution in [0.4, 0.5) is 4.79 Å². The first kappa shape index (κ1) is 13.0. The summed E-state index contributed by atoms with van der Waals surface area (Å²) in [5.74, 6) is 0.613. The maximum atomic E-state index is 10.8. The van der Waals surface area contributed by atoms with Crippen LogP contribution < -0.4 is 4.74 Å². The van der Waals surface area contributed by atoms with Gasteiger partial charge in [0.25, 0.3) is 0 Å². The fraction of sp³-hybridized carbons (Fsp3) is 0.417. The molecule has 2 rings (SSSR count). The number of ether oxygens (including phenoxy) is 1. The first-order valence-corrected chi connectivity index (χ1v) is 5.93. The lowest BCUT2D eigenvalue weighted by Crippen LogP contribution is -2.24. The number of carbonyl (C=O) groups is 1. The van der Waals surface area contributed by atoms with E-state index in [0.717, 1.165) is 21.6 Å². The van der Waals surface area contributed by atoms with Gasteiger partial charge in [-0.25, -0.2) is 4.79 Å². The lowest BCUT2D eigenvalue weighted by Gasteiger charge is -2.18. The van der Waals surface area contributed by atoms with E-state index >= 15 is 0 Å². The highest BCUT2D eigenvalue weighted by molar-refractivity contribution is 6.32. The number of aliphatic hydroxyl groups is 1. The molecule has 0 bridgehead atoms. The van der Waals surface area contributed by atoms with Gasteiger partial charge in [-0.15, -0.1) is 0 Å². The Kier molecular flexibility index (Phi) is 3.63. The molecule has 0 unspecified atom stereocenters. The lowest BCUT2D eigenvalue weighted by molar-refractivity contribution is 0.153. The summed E-state index contributed by atoms with van der Waals surface area (Å²) in [6.45, 7) is 0.587. The van der Waals surface area contributed by atoms with Crippen LogP contribution in [0.15, 0.2) is 6.07 Å². The van der Waals surface area contributed by atoms with E-state index < -0.39 is 6.09 Å². The van der Waals surface area contributed by atoms with Crippen LogP contribution >= 0.6 is 11.6 Å². The van der Waals surface area contributed by atoms with E-state index in [-0.39, 0.29) is 13.2 Å². The molecule has 6 heteroatoms. The smallest absolute Gasteiger partial charge is 0.407 e. The predicted molar refractivity (Wildman–Crippen MR) is 66.1 cm³/mol. The summed E-state index contributed by atoms with van der Waals surface area (Å²) in [5, 5.41) is 18.8. The minimum Gasteiger partial charge on any atom is -0.491 e. The number of aliphatic hydroxyl groups excluding tert-OH is 1. The van der Waals surface area contributed by atoms with E-state index in [4.69, 9.17) is 21.4 Å². The maximum absolute atomic E-state index is 10.8. The van der Waals surface area contributed by atoms with E-state index in [0.29, 0.717) is 23.8 Å². The summed E-state index contributed by atoms with van der Waals surface area (Å²) in [7, 11) is 1.47. The summed E-state index contributed by atoms with van der Waals surface area (Å²) in [5.41, 5.74) is 2.33. The Labute approximate surface area is 110 Å². The quantitative estimate of drug-likeness (QED) is 0.881. The molecular weight excluding hydrogens is 258 g/mol. The van der Waals surface area contributed by atoms with Crippen LogP contribution in [-0.4, -0.2) is 34.9 Å². The third-order valence-electron chi connectivity index (χ3n) is 3.03. The van der Waals surface area contributed by atoms with Gasteiger partial charge in [-0.1, -0.05) is 11.6 Å². The van der Waals surface area contributed by atoms with Crippen molar-refractivity contribution in [3.63, 3.8) is 0 Å². The van der Waals surface area contributed by atoms with Gasteiger partial charge in [-0.2, -0.15) is 0 Å². The van der Waals surface area contributed by atoms with Crippen molar-refractivity contribution < 1.29 is 19.7 Å². The average molecular weight is 272 g/mol. The fourth-order valence-corrected chi connectivity index (χ4v) is 2.42. The first-order chi connectivity index (χ1) is 8.54. The van der Waals surface area contributed by atoms with E-state index in [1.54, 1.807) is 6.07 Å². The number of amides is 1. The first-order valence-electron chi connectivity index (χ1n) is 5.55. The van der Waals surface area contributed by atoms with Crippen LogP contribution in [0.3, 0.4) is 0 Å². The number of nitrogens with zero attached hydrogens (tertiary/aromatic N) is 1. The molecule has 1 amide bonds. The molecular formula is C12H14ClNO4. The van der Waals surface area contributed by atoms with Gasteiger partial charge in [0.1, 0.15) is 5.75 Å². The molecule has 1 aliphatic heterocycles. The summed E-state index contributed by atoms with van der Waals surface area (Å²) in [4.78, 5) is 12.0. The summed E-state index contributed by atoms with van der Waals surface area (Å²) in [6, 6.07) is 1.66. The Bertz CT molecular complexity index is 489. The molecule has 0 aromatic heterocycles. The molecule has 1 aromatic rings. The van der Waals surface area contributed by atoms with Crippen LogP contribution in [0.1, 0.15) is 16.7 Å². The van der Waals surface area contributed by atoms with Gasteiger partial charge in [-0.3, -0.25) is 0 Å². The molecule has 2 N–H and O–H groups in total. The van der Waals surface area contributed by atoms with Crippen molar-refractivity contribution >= 4 is 17.7 Å². The molecule has 1 aromatic carbocycles. The third kappa shape index (κ3) is 2.23. The van der Waals surface area contributed by atoms with Crippen molar-refractivity contribution in [3.8, 4) is 5.75 Å². The van der Waals surface area contributed by atoms with Crippen LogP contribution in [-0.2, 0) is 19.6 Å². The Morgan fingerprint density at radius 1 is 1.61 bits per heavy atom. The fourth-order valence-electron chi connectivity index (χ4n) is 2.12. The third-order valence-corrected chi connectivity index (χ3v) is 3.32. The molecule has 18 heavy (non-hydrogen) atoms. The molecule has 0 saturated carbocycles. The number of benzene rings is 1. The van der Waals surface area contributed by atoms with Gasteiger partial charge in [0, 0.05) is 25.6 Å². The minimum atomic E-state index is -1.02. The van der Waals surface area contributed by atoms with Crippen molar-refractivity contribution in [1.29, 1.82) is 0 Å². The Morgan fingerprint density at radius 3 is 2.94 bits per heavy atom. The van der Waals surface area contributed by atoms with Gasteiger partial charge in [0.05, 0.1) is 18.2 Å². The largest absolute Gasteiger partial charge is 0.491 e. The molecule has 1 aliphatic rings. The minimum absolute atomic E-state index is 0.147. The highest BCUT2D eigenvalue weighted by Crippen LogP contribution is 2.38. The van der Waals surface area contributed by atoms with E-state index in [1.165, 1.54) is 7.05 Å². The summed E-state index contributed by atoms with van der Waals surface area (Å²) in [6.07, 6.45) is -0.331. The average Bonchev–Trinajstić information content (AvgIpc) is 2.78. The van der Waals surface area contributed by atoms with Gasteiger partial charge in [0.15, 0.2) is 0 Å². The van der Waals surface area contributed by atoms with Crippen LogP contribution in [0.2, 0.25) is 5.02 Å². The monoisotopic (exact) mass is 271 g/mol. The van der Waals surface area contributed by atoms with E-state index in [9.17, 15) is 9.90 Å². The van der Waals surface area contributed by atoms with Crippen LogP contribution in [0, 0.1) is 0 Å². The van der Waals surface area contributed by atoms with Gasteiger partial charge < -0.3 is 19.8 Å². The second-order valence-electron chi connectivity index (χ2n) is 4.20. The SMILES string of the molecule is CN(Cc1cc(Cl)c2c(c1CO)CCO2)C(=O)O. The second kappa shape index (κ2) is 5.04. The Hall–Kier alpha value is -1.46. The van der Waals surface area contributed by atoms with Crippen molar-refractivity contribution in [3.05, 3.63) is 27.8 Å². The molecule has 0 radical (unpaired) electrons. The standard InChI is InChI=1S/C12H14ClNO4/c1-14(12(16)17)5-7-4-10(13)11-8(2-3-18-11)9(7)6-15/h4,15H,2-3,5-6H2,1H3,(H,16,17). The zero-order valence-electron chi connectivity index (χ0n) is 9.94. The van der Waals surface area contributed by atoms with E-state index in [2.05, 4.69) is 0 Å². The summed E-state index contributed by atoms with van der Waals surface area (Å²) < 4.78 is 5.41. The Balaban J connectivity index is 2.41. The van der Waals surface area contributed by atoms with Crippen molar-refractivity contribution in [2.45, 2.75) is 19.6 Å². The van der Waals surface area contributed by atoms with Crippen molar-refractivity contribution in [1.82, 2.24) is 4.90 Å². The number of halogens is 1. The second-order valence-corrected chi connectivity index (χ2v) is 4.61. The van der Waals surface area contributed by atoms with Gasteiger partial charge in [0.2, 0.25) is 0 Å².